The smallest absolute Gasteiger partial charge is 0.129 e. The zero-order chi connectivity index (χ0) is 14.9. The average Bonchev–Trinajstić information content (AvgIpc) is 2.67. The van der Waals surface area contributed by atoms with E-state index in [1.807, 2.05) is 19.2 Å². The third-order valence-corrected chi connectivity index (χ3v) is 4.06. The first kappa shape index (κ1) is 15.2. The monoisotopic (exact) mass is 311 g/mol. The number of aromatic nitrogens is 2. The largest absolute Gasteiger partial charge is 0.383 e. The molecule has 0 fully saturated rings. The van der Waals surface area contributed by atoms with Crippen LogP contribution in [0.25, 0.3) is 11.1 Å². The number of anilines is 1. The zero-order valence-corrected chi connectivity index (χ0v) is 13.5. The van der Waals surface area contributed by atoms with Crippen LogP contribution < -0.4 is 5.73 Å². The Kier molecular flexibility index (Phi) is 4.61. The summed E-state index contributed by atoms with van der Waals surface area (Å²) in [5.41, 5.74) is 9.00. The third-order valence-electron chi connectivity index (χ3n) is 3.51. The van der Waals surface area contributed by atoms with Crippen LogP contribution in [0.5, 0.6) is 0 Å². The van der Waals surface area contributed by atoms with Crippen LogP contribution in [0.4, 0.5) is 5.82 Å². The molecule has 1 aromatic heterocycles. The molecule has 2 aromatic rings. The van der Waals surface area contributed by atoms with Crippen LogP contribution in [0.15, 0.2) is 18.2 Å². The van der Waals surface area contributed by atoms with E-state index in [4.69, 9.17) is 28.9 Å². The summed E-state index contributed by atoms with van der Waals surface area (Å²) in [5.74, 6) is 0.970. The minimum Gasteiger partial charge on any atom is -0.383 e. The highest BCUT2D eigenvalue weighted by atomic mass is 35.5. The van der Waals surface area contributed by atoms with Crippen molar-refractivity contribution in [3.63, 3.8) is 0 Å². The molecule has 0 saturated heterocycles. The van der Waals surface area contributed by atoms with Gasteiger partial charge in [0.05, 0.1) is 10.7 Å². The number of nitrogens with two attached hydrogens (primary N) is 1. The quantitative estimate of drug-likeness (QED) is 0.874. The Balaban J connectivity index is 2.60. The number of aryl methyl sites for hydroxylation is 1. The summed E-state index contributed by atoms with van der Waals surface area (Å²) >= 11 is 12.3. The maximum absolute atomic E-state index is 6.32. The van der Waals surface area contributed by atoms with Gasteiger partial charge in [0.1, 0.15) is 5.82 Å². The Hall–Kier alpha value is -1.19. The first-order valence-electron chi connectivity index (χ1n) is 6.73. The van der Waals surface area contributed by atoms with Crippen molar-refractivity contribution in [3.8, 4) is 11.1 Å². The van der Waals surface area contributed by atoms with Crippen LogP contribution in [0.3, 0.4) is 0 Å². The van der Waals surface area contributed by atoms with Crippen molar-refractivity contribution in [1.29, 1.82) is 0 Å². The molecule has 2 rings (SSSR count). The van der Waals surface area contributed by atoms with E-state index in [9.17, 15) is 0 Å². The average molecular weight is 312 g/mol. The lowest BCUT2D eigenvalue weighted by Gasteiger charge is -2.11. The molecule has 20 heavy (non-hydrogen) atoms. The summed E-state index contributed by atoms with van der Waals surface area (Å²) in [6.45, 7) is 4.33. The molecular formula is C15H19Cl2N3. The molecule has 1 atom stereocenters. The van der Waals surface area contributed by atoms with Gasteiger partial charge in [-0.2, -0.15) is 5.10 Å². The van der Waals surface area contributed by atoms with Crippen molar-refractivity contribution in [3.05, 3.63) is 33.9 Å². The summed E-state index contributed by atoms with van der Waals surface area (Å²) in [4.78, 5) is 0. The molecule has 0 bridgehead atoms. The second-order valence-corrected chi connectivity index (χ2v) is 5.93. The maximum Gasteiger partial charge on any atom is 0.129 e. The predicted octanol–water partition coefficient (Wildman–Crippen LogP) is 4.88. The van der Waals surface area contributed by atoms with E-state index in [2.05, 4.69) is 18.9 Å². The van der Waals surface area contributed by atoms with E-state index in [1.165, 1.54) is 0 Å². The molecule has 0 spiro atoms. The molecule has 0 aliphatic heterocycles. The van der Waals surface area contributed by atoms with Crippen molar-refractivity contribution in [2.45, 2.75) is 32.6 Å². The molecule has 108 valence electrons. The minimum absolute atomic E-state index is 0.338. The van der Waals surface area contributed by atoms with E-state index >= 15 is 0 Å². The highest BCUT2D eigenvalue weighted by Gasteiger charge is 2.21. The minimum atomic E-state index is 0.338. The molecule has 0 aliphatic carbocycles. The summed E-state index contributed by atoms with van der Waals surface area (Å²) in [6, 6.07) is 5.46. The molecule has 0 radical (unpaired) electrons. The summed E-state index contributed by atoms with van der Waals surface area (Å²) in [7, 11) is 1.85. The maximum atomic E-state index is 6.32. The fraction of sp³-hybridized carbons (Fsp3) is 0.400. The van der Waals surface area contributed by atoms with Gasteiger partial charge in [0.15, 0.2) is 0 Å². The number of nitrogens with zero attached hydrogens (tertiary/aromatic N) is 2. The zero-order valence-electron chi connectivity index (χ0n) is 12.0. The summed E-state index contributed by atoms with van der Waals surface area (Å²) < 4.78 is 1.71. The van der Waals surface area contributed by atoms with E-state index in [0.717, 1.165) is 29.7 Å². The first-order valence-corrected chi connectivity index (χ1v) is 7.49. The van der Waals surface area contributed by atoms with Crippen molar-refractivity contribution in [2.75, 3.05) is 5.73 Å². The van der Waals surface area contributed by atoms with Crippen molar-refractivity contribution >= 4 is 29.0 Å². The van der Waals surface area contributed by atoms with Crippen LogP contribution in [0.1, 0.15) is 38.3 Å². The summed E-state index contributed by atoms with van der Waals surface area (Å²) in [6.07, 6.45) is 2.17. The van der Waals surface area contributed by atoms with Crippen molar-refractivity contribution < 1.29 is 0 Å². The van der Waals surface area contributed by atoms with E-state index in [0.29, 0.717) is 21.8 Å². The SMILES string of the molecule is CCCC(C)c1nn(C)c(N)c1-c1ccc(Cl)cc1Cl. The van der Waals surface area contributed by atoms with Gasteiger partial charge in [-0.25, -0.2) is 0 Å². The van der Waals surface area contributed by atoms with Crippen LogP contribution in [-0.4, -0.2) is 9.78 Å². The number of rotatable bonds is 4. The normalized spacial score (nSPS) is 12.7. The van der Waals surface area contributed by atoms with Gasteiger partial charge in [-0.1, -0.05) is 49.5 Å². The van der Waals surface area contributed by atoms with Gasteiger partial charge in [-0.3, -0.25) is 4.68 Å². The van der Waals surface area contributed by atoms with E-state index in [-0.39, 0.29) is 0 Å². The highest BCUT2D eigenvalue weighted by molar-refractivity contribution is 6.36. The fourth-order valence-electron chi connectivity index (χ4n) is 2.44. The van der Waals surface area contributed by atoms with Crippen LogP contribution >= 0.6 is 23.2 Å². The van der Waals surface area contributed by atoms with Crippen LogP contribution in [-0.2, 0) is 7.05 Å². The molecule has 3 nitrogen and oxygen atoms in total. The molecule has 2 N–H and O–H groups in total. The Labute approximate surface area is 129 Å². The molecule has 1 aromatic carbocycles. The molecule has 0 saturated carbocycles. The van der Waals surface area contributed by atoms with Crippen molar-refractivity contribution in [1.82, 2.24) is 9.78 Å². The molecule has 1 unspecified atom stereocenters. The van der Waals surface area contributed by atoms with Gasteiger partial charge >= 0.3 is 0 Å². The first-order chi connectivity index (χ1) is 9.45. The topological polar surface area (TPSA) is 43.8 Å². The lowest BCUT2D eigenvalue weighted by atomic mass is 9.95. The van der Waals surface area contributed by atoms with Crippen LogP contribution in [0, 0.1) is 0 Å². The molecule has 0 amide bonds. The number of benzene rings is 1. The fourth-order valence-corrected chi connectivity index (χ4v) is 2.94. The van der Waals surface area contributed by atoms with Gasteiger partial charge in [0.2, 0.25) is 0 Å². The number of halogens is 2. The van der Waals surface area contributed by atoms with E-state index < -0.39 is 0 Å². The Bertz CT molecular complexity index is 620. The second kappa shape index (κ2) is 6.06. The molecule has 5 heteroatoms. The van der Waals surface area contributed by atoms with Crippen LogP contribution in [0.2, 0.25) is 10.0 Å². The summed E-state index contributed by atoms with van der Waals surface area (Å²) in [5, 5.41) is 5.78. The second-order valence-electron chi connectivity index (χ2n) is 5.08. The predicted molar refractivity (Wildman–Crippen MR) is 86.4 cm³/mol. The number of hydrogen-bond donors (Lipinski definition) is 1. The van der Waals surface area contributed by atoms with Crippen molar-refractivity contribution in [2.24, 2.45) is 7.05 Å². The van der Waals surface area contributed by atoms with Gasteiger partial charge < -0.3 is 5.73 Å². The molecule has 1 heterocycles. The number of hydrogen-bond acceptors (Lipinski definition) is 2. The van der Waals surface area contributed by atoms with E-state index in [1.54, 1.807) is 10.7 Å². The Morgan fingerprint density at radius 3 is 2.65 bits per heavy atom. The lowest BCUT2D eigenvalue weighted by molar-refractivity contribution is 0.627. The Morgan fingerprint density at radius 1 is 1.35 bits per heavy atom. The van der Waals surface area contributed by atoms with Gasteiger partial charge in [0.25, 0.3) is 0 Å². The Morgan fingerprint density at radius 2 is 2.05 bits per heavy atom. The molecule has 0 aliphatic rings. The van der Waals surface area contributed by atoms with Gasteiger partial charge in [-0.05, 0) is 18.6 Å². The highest BCUT2D eigenvalue weighted by Crippen LogP contribution is 2.39. The number of nitrogen functional groups attached to an aromatic ring is 1. The third kappa shape index (κ3) is 2.79. The molecular weight excluding hydrogens is 293 g/mol. The standard InChI is InChI=1S/C15H19Cl2N3/c1-4-5-9(2)14-13(15(18)20(3)19-14)11-7-6-10(16)8-12(11)17/h6-9H,4-5,18H2,1-3H3. The lowest BCUT2D eigenvalue weighted by Crippen LogP contribution is -1.98. The van der Waals surface area contributed by atoms with Gasteiger partial charge in [0, 0.05) is 29.1 Å². The van der Waals surface area contributed by atoms with Gasteiger partial charge in [-0.15, -0.1) is 0 Å².